The lowest BCUT2D eigenvalue weighted by Gasteiger charge is -2.34. The second-order valence-electron chi connectivity index (χ2n) is 4.81. The molecule has 0 aromatic heterocycles. The van der Waals surface area contributed by atoms with Gasteiger partial charge in [0, 0.05) is 23.6 Å². The van der Waals surface area contributed by atoms with Crippen LogP contribution < -0.4 is 0 Å². The van der Waals surface area contributed by atoms with Crippen molar-refractivity contribution in [2.24, 2.45) is 5.92 Å². The molecule has 1 aliphatic rings. The minimum absolute atomic E-state index is 0.0197. The van der Waals surface area contributed by atoms with E-state index in [9.17, 15) is 9.90 Å². The number of amides is 1. The molecule has 1 amide bonds. The van der Waals surface area contributed by atoms with Crippen molar-refractivity contribution < 1.29 is 9.90 Å². The molecule has 1 aliphatic carbocycles. The first-order valence-electron chi connectivity index (χ1n) is 5.86. The molecule has 0 bridgehead atoms. The quantitative estimate of drug-likeness (QED) is 0.924. The fraction of sp³-hybridized carbons (Fsp3) is 0.462. The Morgan fingerprint density at radius 2 is 2.22 bits per heavy atom. The number of aliphatic hydroxyl groups is 1. The van der Waals surface area contributed by atoms with Gasteiger partial charge in [-0.15, -0.1) is 0 Å². The number of carbonyl (C=O) groups is 1. The Balaban J connectivity index is 1.99. The maximum Gasteiger partial charge on any atom is 0.253 e. The van der Waals surface area contributed by atoms with Crippen LogP contribution in [0.2, 0.25) is 5.02 Å². The van der Waals surface area contributed by atoms with E-state index >= 15 is 0 Å². The number of aliphatic hydroxyl groups excluding tert-OH is 1. The Morgan fingerprint density at radius 1 is 1.56 bits per heavy atom. The van der Waals surface area contributed by atoms with E-state index in [-0.39, 0.29) is 12.0 Å². The summed E-state index contributed by atoms with van der Waals surface area (Å²) in [6.07, 6.45) is 1.41. The summed E-state index contributed by atoms with van der Waals surface area (Å²) in [5.74, 6) is 0.401. The van der Waals surface area contributed by atoms with Gasteiger partial charge >= 0.3 is 0 Å². The first-order valence-corrected chi connectivity index (χ1v) is 7.03. The van der Waals surface area contributed by atoms with Gasteiger partial charge in [-0.2, -0.15) is 0 Å². The number of halogens is 2. The lowest BCUT2D eigenvalue weighted by Crippen LogP contribution is -2.39. The van der Waals surface area contributed by atoms with E-state index in [1.54, 1.807) is 30.1 Å². The molecule has 0 saturated heterocycles. The van der Waals surface area contributed by atoms with Crippen LogP contribution in [0.3, 0.4) is 0 Å². The van der Waals surface area contributed by atoms with Crippen LogP contribution in [0, 0.1) is 5.92 Å². The van der Waals surface area contributed by atoms with Crippen molar-refractivity contribution in [3.8, 4) is 0 Å². The van der Waals surface area contributed by atoms with E-state index in [1.807, 2.05) is 0 Å². The number of hydrogen-bond acceptors (Lipinski definition) is 2. The third-order valence-corrected chi connectivity index (χ3v) is 4.47. The summed E-state index contributed by atoms with van der Waals surface area (Å²) >= 11 is 9.21. The van der Waals surface area contributed by atoms with Crippen LogP contribution in [0.1, 0.15) is 23.2 Å². The summed E-state index contributed by atoms with van der Waals surface area (Å²) in [6.45, 7) is 0.691. The van der Waals surface area contributed by atoms with Crippen LogP contribution in [0.5, 0.6) is 0 Å². The Hall–Kier alpha value is -0.580. The second kappa shape index (κ2) is 5.59. The number of hydrogen-bond donors (Lipinski definition) is 1. The van der Waals surface area contributed by atoms with Gasteiger partial charge in [0.05, 0.1) is 11.1 Å². The standard InChI is InChI=1S/C13H15BrClNO2/c1-16(7-8-4-10(17)5-8)13(18)9-2-3-12(15)11(14)6-9/h2-3,6,8,10,17H,4-5,7H2,1H3. The molecule has 5 heteroatoms. The van der Waals surface area contributed by atoms with Crippen molar-refractivity contribution in [1.82, 2.24) is 4.90 Å². The molecule has 3 nitrogen and oxygen atoms in total. The lowest BCUT2D eigenvalue weighted by atomic mass is 9.82. The third-order valence-electron chi connectivity index (χ3n) is 3.26. The predicted octanol–water partition coefficient (Wildman–Crippen LogP) is 2.95. The molecule has 1 fully saturated rings. The number of carbonyl (C=O) groups excluding carboxylic acids is 1. The zero-order valence-corrected chi connectivity index (χ0v) is 12.4. The number of benzene rings is 1. The Morgan fingerprint density at radius 3 is 2.78 bits per heavy atom. The van der Waals surface area contributed by atoms with E-state index in [0.717, 1.165) is 17.3 Å². The van der Waals surface area contributed by atoms with Crippen LogP contribution >= 0.6 is 27.5 Å². The van der Waals surface area contributed by atoms with Gasteiger partial charge in [0.15, 0.2) is 0 Å². The Bertz CT molecular complexity index is 460. The molecule has 0 unspecified atom stereocenters. The van der Waals surface area contributed by atoms with Crippen molar-refractivity contribution in [3.05, 3.63) is 33.3 Å². The van der Waals surface area contributed by atoms with Gasteiger partial charge in [-0.1, -0.05) is 11.6 Å². The molecule has 2 rings (SSSR count). The molecule has 0 atom stereocenters. The highest BCUT2D eigenvalue weighted by atomic mass is 79.9. The van der Waals surface area contributed by atoms with E-state index in [1.165, 1.54) is 0 Å². The summed E-state index contributed by atoms with van der Waals surface area (Å²) in [7, 11) is 1.79. The first kappa shape index (κ1) is 13.8. The summed E-state index contributed by atoms with van der Waals surface area (Å²) in [4.78, 5) is 13.9. The molecular weight excluding hydrogens is 318 g/mol. The average molecular weight is 333 g/mol. The first-order chi connectivity index (χ1) is 8.47. The minimum atomic E-state index is -0.178. The van der Waals surface area contributed by atoms with E-state index in [2.05, 4.69) is 15.9 Å². The topological polar surface area (TPSA) is 40.5 Å². The van der Waals surface area contributed by atoms with Crippen LogP contribution in [-0.4, -0.2) is 35.6 Å². The summed E-state index contributed by atoms with van der Waals surface area (Å²) < 4.78 is 0.725. The molecule has 1 saturated carbocycles. The zero-order valence-electron chi connectivity index (χ0n) is 10.1. The molecule has 0 spiro atoms. The molecule has 0 radical (unpaired) electrons. The van der Waals surface area contributed by atoms with Crippen molar-refractivity contribution in [3.63, 3.8) is 0 Å². The molecule has 1 aromatic rings. The van der Waals surface area contributed by atoms with Gasteiger partial charge < -0.3 is 10.0 Å². The fourth-order valence-corrected chi connectivity index (χ4v) is 2.67. The van der Waals surface area contributed by atoms with Gasteiger partial charge in [0.1, 0.15) is 0 Å². The SMILES string of the molecule is CN(CC1CC(O)C1)C(=O)c1ccc(Cl)c(Br)c1. The maximum absolute atomic E-state index is 12.2. The zero-order chi connectivity index (χ0) is 13.3. The molecule has 18 heavy (non-hydrogen) atoms. The van der Waals surface area contributed by atoms with E-state index in [0.29, 0.717) is 23.0 Å². The Labute approximate surface area is 120 Å². The Kier molecular flexibility index (Phi) is 4.30. The maximum atomic E-state index is 12.2. The third kappa shape index (κ3) is 3.05. The fourth-order valence-electron chi connectivity index (χ4n) is 2.17. The summed E-state index contributed by atoms with van der Waals surface area (Å²) in [6, 6.07) is 5.16. The largest absolute Gasteiger partial charge is 0.393 e. The van der Waals surface area contributed by atoms with Crippen molar-refractivity contribution in [1.29, 1.82) is 0 Å². The van der Waals surface area contributed by atoms with Gasteiger partial charge in [0.25, 0.3) is 5.91 Å². The summed E-state index contributed by atoms with van der Waals surface area (Å²) in [5.41, 5.74) is 0.619. The average Bonchev–Trinajstić information content (AvgIpc) is 2.29. The molecule has 1 aromatic carbocycles. The predicted molar refractivity (Wildman–Crippen MR) is 74.8 cm³/mol. The van der Waals surface area contributed by atoms with Gasteiger partial charge in [0.2, 0.25) is 0 Å². The van der Waals surface area contributed by atoms with Crippen molar-refractivity contribution in [2.75, 3.05) is 13.6 Å². The van der Waals surface area contributed by atoms with Crippen molar-refractivity contribution in [2.45, 2.75) is 18.9 Å². The van der Waals surface area contributed by atoms with E-state index in [4.69, 9.17) is 11.6 Å². The molecule has 0 aliphatic heterocycles. The van der Waals surface area contributed by atoms with Crippen molar-refractivity contribution >= 4 is 33.4 Å². The normalized spacial score (nSPS) is 22.4. The highest BCUT2D eigenvalue weighted by Gasteiger charge is 2.29. The summed E-state index contributed by atoms with van der Waals surface area (Å²) in [5, 5.41) is 9.82. The molecular formula is C13H15BrClNO2. The van der Waals surface area contributed by atoms with Crippen LogP contribution in [0.15, 0.2) is 22.7 Å². The minimum Gasteiger partial charge on any atom is -0.393 e. The van der Waals surface area contributed by atoms with Gasteiger partial charge in [-0.05, 0) is 52.9 Å². The lowest BCUT2D eigenvalue weighted by molar-refractivity contribution is 0.0265. The monoisotopic (exact) mass is 331 g/mol. The van der Waals surface area contributed by atoms with Crippen LogP contribution in [-0.2, 0) is 0 Å². The van der Waals surface area contributed by atoms with Crippen LogP contribution in [0.25, 0.3) is 0 Å². The molecule has 0 heterocycles. The van der Waals surface area contributed by atoms with Gasteiger partial charge in [-0.25, -0.2) is 0 Å². The second-order valence-corrected chi connectivity index (χ2v) is 6.07. The number of rotatable bonds is 3. The molecule has 98 valence electrons. The molecule has 1 N–H and O–H groups in total. The smallest absolute Gasteiger partial charge is 0.253 e. The van der Waals surface area contributed by atoms with E-state index < -0.39 is 0 Å². The number of nitrogens with zero attached hydrogens (tertiary/aromatic N) is 1. The van der Waals surface area contributed by atoms with Crippen LogP contribution in [0.4, 0.5) is 0 Å². The highest BCUT2D eigenvalue weighted by Crippen LogP contribution is 2.28. The van der Waals surface area contributed by atoms with Gasteiger partial charge in [-0.3, -0.25) is 4.79 Å². The highest BCUT2D eigenvalue weighted by molar-refractivity contribution is 9.10.